The van der Waals surface area contributed by atoms with Crippen LogP contribution in [0.3, 0.4) is 0 Å². The van der Waals surface area contributed by atoms with Gasteiger partial charge in [-0.3, -0.25) is 9.59 Å². The summed E-state index contributed by atoms with van der Waals surface area (Å²) in [5, 5.41) is 0.695. The average molecular weight is 547 g/mol. The first kappa shape index (κ1) is 28.7. The zero-order chi connectivity index (χ0) is 27.5. The summed E-state index contributed by atoms with van der Waals surface area (Å²) in [6.07, 6.45) is 5.68. The van der Waals surface area contributed by atoms with Crippen LogP contribution in [0.2, 0.25) is 5.02 Å². The van der Waals surface area contributed by atoms with Gasteiger partial charge in [-0.2, -0.15) is 0 Å². The van der Waals surface area contributed by atoms with Crippen molar-refractivity contribution in [2.75, 3.05) is 26.2 Å². The summed E-state index contributed by atoms with van der Waals surface area (Å²) in [6.45, 7) is 4.42. The highest BCUT2D eigenvalue weighted by Crippen LogP contribution is 2.23. The topological polar surface area (TPSA) is 49.9 Å². The minimum atomic E-state index is -0.154. The van der Waals surface area contributed by atoms with Crippen LogP contribution in [0.15, 0.2) is 78.9 Å². The zero-order valence-corrected chi connectivity index (χ0v) is 23.6. The molecule has 0 radical (unpaired) electrons. The third-order valence-electron chi connectivity index (χ3n) is 7.41. The maximum atomic E-state index is 13.7. The third-order valence-corrected chi connectivity index (χ3v) is 7.66. The third kappa shape index (κ3) is 8.34. The Bertz CT molecular complexity index is 1200. The summed E-state index contributed by atoms with van der Waals surface area (Å²) in [7, 11) is 0. The van der Waals surface area contributed by atoms with Crippen LogP contribution < -0.4 is 4.74 Å². The average Bonchev–Trinajstić information content (AvgIpc) is 2.96. The minimum Gasteiger partial charge on any atom is -0.491 e. The highest BCUT2D eigenvalue weighted by Gasteiger charge is 2.26. The zero-order valence-electron chi connectivity index (χ0n) is 22.9. The fraction of sp³-hybridized carbons (Fsp3) is 0.394. The molecule has 3 aromatic rings. The molecular weight excluding hydrogens is 508 g/mol. The standard InChI is InChI=1S/C33H39ClN2O3/c1-2-35-22-10-3-4-11-23-36(32(37)21-18-26-16-19-28(34)20-17-26)29(24-27-12-6-5-7-13-27)25-39-31-15-9-8-14-30(31)33(35)38/h5-9,12-17,19-20,29H,2-4,10-11,18,21-25H2,1H3/t29-/m0/s1. The fourth-order valence-electron chi connectivity index (χ4n) is 5.17. The van der Waals surface area contributed by atoms with Crippen LogP contribution in [-0.4, -0.2) is 53.9 Å². The van der Waals surface area contributed by atoms with E-state index in [9.17, 15) is 9.59 Å². The molecule has 3 aromatic carbocycles. The summed E-state index contributed by atoms with van der Waals surface area (Å²) in [6, 6.07) is 25.3. The molecule has 1 heterocycles. The lowest BCUT2D eigenvalue weighted by atomic mass is 10.0. The Labute approximate surface area is 237 Å². The molecule has 0 N–H and O–H groups in total. The first-order chi connectivity index (χ1) is 19.0. The van der Waals surface area contributed by atoms with E-state index in [1.807, 2.05) is 83.5 Å². The summed E-state index contributed by atoms with van der Waals surface area (Å²) < 4.78 is 6.38. The number of nitrogens with zero attached hydrogens (tertiary/aromatic N) is 2. The van der Waals surface area contributed by atoms with Gasteiger partial charge >= 0.3 is 0 Å². The number of carbonyl (C=O) groups excluding carboxylic acids is 2. The molecule has 2 amide bonds. The molecular formula is C33H39ClN2O3. The van der Waals surface area contributed by atoms with E-state index in [1.54, 1.807) is 0 Å². The predicted molar refractivity (Wildman–Crippen MR) is 157 cm³/mol. The molecule has 0 spiro atoms. The second-order valence-electron chi connectivity index (χ2n) is 10.2. The van der Waals surface area contributed by atoms with Gasteiger partial charge in [-0.25, -0.2) is 0 Å². The molecule has 0 saturated heterocycles. The van der Waals surface area contributed by atoms with Gasteiger partial charge in [-0.1, -0.05) is 79.0 Å². The predicted octanol–water partition coefficient (Wildman–Crippen LogP) is 6.83. The van der Waals surface area contributed by atoms with E-state index in [1.165, 1.54) is 0 Å². The first-order valence-corrected chi connectivity index (χ1v) is 14.5. The van der Waals surface area contributed by atoms with E-state index in [4.69, 9.17) is 16.3 Å². The molecule has 0 aliphatic carbocycles. The van der Waals surface area contributed by atoms with Gasteiger partial charge in [-0.15, -0.1) is 0 Å². The van der Waals surface area contributed by atoms with Gasteiger partial charge in [0, 0.05) is 31.1 Å². The smallest absolute Gasteiger partial charge is 0.257 e. The number of aryl methyl sites for hydroxylation is 1. The normalized spacial score (nSPS) is 17.2. The lowest BCUT2D eigenvalue weighted by molar-refractivity contribution is -0.134. The molecule has 5 nitrogen and oxygen atoms in total. The number of rotatable bonds is 6. The van der Waals surface area contributed by atoms with Gasteiger partial charge in [0.25, 0.3) is 5.91 Å². The molecule has 206 valence electrons. The van der Waals surface area contributed by atoms with Crippen molar-refractivity contribution in [3.8, 4) is 5.75 Å². The van der Waals surface area contributed by atoms with Crippen molar-refractivity contribution in [3.05, 3.63) is 101 Å². The summed E-state index contributed by atoms with van der Waals surface area (Å²) in [5.41, 5.74) is 2.83. The van der Waals surface area contributed by atoms with Crippen LogP contribution in [0.4, 0.5) is 0 Å². The molecule has 4 rings (SSSR count). The van der Waals surface area contributed by atoms with E-state index in [0.29, 0.717) is 55.3 Å². The Hall–Kier alpha value is -3.31. The molecule has 1 aliphatic heterocycles. The Balaban J connectivity index is 1.60. The Morgan fingerprint density at radius 2 is 1.56 bits per heavy atom. The van der Waals surface area contributed by atoms with Gasteiger partial charge in [0.05, 0.1) is 11.6 Å². The van der Waals surface area contributed by atoms with Crippen LogP contribution in [0.25, 0.3) is 0 Å². The van der Waals surface area contributed by atoms with E-state index >= 15 is 0 Å². The monoisotopic (exact) mass is 546 g/mol. The molecule has 1 aliphatic rings. The number of fused-ring (bicyclic) bond motifs is 1. The maximum absolute atomic E-state index is 13.7. The number of hydrogen-bond acceptors (Lipinski definition) is 3. The van der Waals surface area contributed by atoms with E-state index in [0.717, 1.165) is 43.4 Å². The van der Waals surface area contributed by atoms with E-state index < -0.39 is 0 Å². The van der Waals surface area contributed by atoms with Crippen molar-refractivity contribution in [1.82, 2.24) is 9.80 Å². The number of benzene rings is 3. The fourth-order valence-corrected chi connectivity index (χ4v) is 5.30. The lowest BCUT2D eigenvalue weighted by Crippen LogP contribution is -2.46. The second-order valence-corrected chi connectivity index (χ2v) is 10.6. The second kappa shape index (κ2) is 14.7. The quantitative estimate of drug-likeness (QED) is 0.340. The van der Waals surface area contributed by atoms with Crippen LogP contribution in [-0.2, 0) is 17.6 Å². The van der Waals surface area contributed by atoms with E-state index in [-0.39, 0.29) is 17.9 Å². The van der Waals surface area contributed by atoms with Crippen molar-refractivity contribution in [2.24, 2.45) is 0 Å². The van der Waals surface area contributed by atoms with Crippen LogP contribution in [0.1, 0.15) is 60.5 Å². The van der Waals surface area contributed by atoms with Crippen molar-refractivity contribution in [1.29, 1.82) is 0 Å². The Morgan fingerprint density at radius 3 is 2.31 bits per heavy atom. The van der Waals surface area contributed by atoms with Gasteiger partial charge in [0.2, 0.25) is 5.91 Å². The molecule has 0 saturated carbocycles. The van der Waals surface area contributed by atoms with Crippen molar-refractivity contribution < 1.29 is 14.3 Å². The summed E-state index contributed by atoms with van der Waals surface area (Å²) in [5.74, 6) is 0.702. The molecule has 1 atom stereocenters. The van der Waals surface area contributed by atoms with Crippen LogP contribution in [0, 0.1) is 0 Å². The molecule has 0 unspecified atom stereocenters. The van der Waals surface area contributed by atoms with Gasteiger partial charge in [0.15, 0.2) is 0 Å². The lowest BCUT2D eigenvalue weighted by Gasteiger charge is -2.33. The van der Waals surface area contributed by atoms with Crippen molar-refractivity contribution in [3.63, 3.8) is 0 Å². The van der Waals surface area contributed by atoms with Gasteiger partial charge in [-0.05, 0) is 68.0 Å². The summed E-state index contributed by atoms with van der Waals surface area (Å²) >= 11 is 6.05. The first-order valence-electron chi connectivity index (χ1n) is 14.1. The largest absolute Gasteiger partial charge is 0.491 e. The number of halogens is 1. The minimum absolute atomic E-state index is 0.000617. The van der Waals surface area contributed by atoms with Gasteiger partial charge < -0.3 is 14.5 Å². The maximum Gasteiger partial charge on any atom is 0.257 e. The highest BCUT2D eigenvalue weighted by molar-refractivity contribution is 6.30. The molecule has 0 bridgehead atoms. The summed E-state index contributed by atoms with van der Waals surface area (Å²) in [4.78, 5) is 31.1. The highest BCUT2D eigenvalue weighted by atomic mass is 35.5. The molecule has 6 heteroatoms. The van der Waals surface area contributed by atoms with Crippen molar-refractivity contribution >= 4 is 23.4 Å². The van der Waals surface area contributed by atoms with E-state index in [2.05, 4.69) is 12.1 Å². The molecule has 39 heavy (non-hydrogen) atoms. The number of hydrogen-bond donors (Lipinski definition) is 0. The molecule has 0 aromatic heterocycles. The van der Waals surface area contributed by atoms with Crippen LogP contribution >= 0.6 is 11.6 Å². The number of para-hydroxylation sites is 1. The van der Waals surface area contributed by atoms with Crippen molar-refractivity contribution in [2.45, 2.75) is 57.9 Å². The van der Waals surface area contributed by atoms with Crippen LogP contribution in [0.5, 0.6) is 5.75 Å². The molecule has 0 fully saturated rings. The SMILES string of the molecule is CCN1CCCCCCN(C(=O)CCc2ccc(Cl)cc2)[C@@H](Cc2ccccc2)COc2ccccc2C1=O. The number of amides is 2. The number of ether oxygens (including phenoxy) is 1. The number of carbonyl (C=O) groups is 2. The Morgan fingerprint density at radius 1 is 0.872 bits per heavy atom. The Kier molecular flexibility index (Phi) is 10.8. The van der Waals surface area contributed by atoms with Gasteiger partial charge in [0.1, 0.15) is 12.4 Å².